The fourth-order valence-electron chi connectivity index (χ4n) is 4.28. The van der Waals surface area contributed by atoms with E-state index in [0.717, 1.165) is 44.7 Å². The maximum absolute atomic E-state index is 12.8. The minimum Gasteiger partial charge on any atom is -0.337 e. The van der Waals surface area contributed by atoms with Crippen molar-refractivity contribution in [1.82, 2.24) is 14.7 Å². The van der Waals surface area contributed by atoms with E-state index in [1.165, 1.54) is 37.9 Å². The third-order valence-corrected chi connectivity index (χ3v) is 5.84. The molecule has 138 valence electrons. The molecular formula is C21H33N3O. The highest BCUT2D eigenvalue weighted by molar-refractivity contribution is 5.94. The van der Waals surface area contributed by atoms with Crippen LogP contribution in [-0.4, -0.2) is 65.9 Å². The molecular weight excluding hydrogens is 310 g/mol. The standard InChI is InChI=1S/C21H33N3O/c1-3-23(4-2)20-12-15-24(17-20)21(25)19-10-8-18(9-11-19)16-22-13-6-5-7-14-22/h8-11,20H,3-7,12-17H2,1-2H3/t20-/m1/s1. The molecule has 4 nitrogen and oxygen atoms in total. The van der Waals surface area contributed by atoms with Crippen molar-refractivity contribution >= 4 is 5.91 Å². The van der Waals surface area contributed by atoms with E-state index in [9.17, 15) is 4.79 Å². The van der Waals surface area contributed by atoms with Crippen molar-refractivity contribution in [3.05, 3.63) is 35.4 Å². The Kier molecular flexibility index (Phi) is 6.49. The van der Waals surface area contributed by atoms with E-state index in [-0.39, 0.29) is 5.91 Å². The lowest BCUT2D eigenvalue weighted by Crippen LogP contribution is -2.38. The number of hydrogen-bond donors (Lipinski definition) is 0. The summed E-state index contributed by atoms with van der Waals surface area (Å²) in [4.78, 5) is 19.8. The maximum atomic E-state index is 12.8. The smallest absolute Gasteiger partial charge is 0.253 e. The van der Waals surface area contributed by atoms with Crippen molar-refractivity contribution in [3.8, 4) is 0 Å². The first kappa shape index (κ1) is 18.4. The normalized spacial score (nSPS) is 21.9. The second-order valence-corrected chi connectivity index (χ2v) is 7.45. The average Bonchev–Trinajstić information content (AvgIpc) is 3.14. The summed E-state index contributed by atoms with van der Waals surface area (Å²) in [6, 6.07) is 8.84. The summed E-state index contributed by atoms with van der Waals surface area (Å²) in [5.41, 5.74) is 2.16. The van der Waals surface area contributed by atoms with E-state index in [0.29, 0.717) is 6.04 Å². The number of hydrogen-bond acceptors (Lipinski definition) is 3. The van der Waals surface area contributed by atoms with Crippen molar-refractivity contribution in [2.24, 2.45) is 0 Å². The summed E-state index contributed by atoms with van der Waals surface area (Å²) < 4.78 is 0. The number of carbonyl (C=O) groups is 1. The molecule has 1 aromatic rings. The molecule has 2 aliphatic rings. The van der Waals surface area contributed by atoms with Gasteiger partial charge in [0.15, 0.2) is 0 Å². The number of nitrogens with zero attached hydrogens (tertiary/aromatic N) is 3. The zero-order valence-electron chi connectivity index (χ0n) is 15.9. The van der Waals surface area contributed by atoms with E-state index < -0.39 is 0 Å². The summed E-state index contributed by atoms with van der Waals surface area (Å²) in [7, 11) is 0. The van der Waals surface area contributed by atoms with Gasteiger partial charge in [-0.1, -0.05) is 32.4 Å². The Morgan fingerprint density at radius 1 is 1.04 bits per heavy atom. The Bertz CT molecular complexity index is 547. The highest BCUT2D eigenvalue weighted by Crippen LogP contribution is 2.19. The molecule has 2 heterocycles. The molecule has 0 radical (unpaired) electrons. The first-order valence-electron chi connectivity index (χ1n) is 10.1. The minimum atomic E-state index is 0.194. The van der Waals surface area contributed by atoms with Crippen LogP contribution in [0.15, 0.2) is 24.3 Å². The summed E-state index contributed by atoms with van der Waals surface area (Å²) >= 11 is 0. The SMILES string of the molecule is CCN(CC)[C@@H]1CCN(C(=O)c2ccc(CN3CCCCC3)cc2)C1. The lowest BCUT2D eigenvalue weighted by molar-refractivity contribution is 0.0778. The molecule has 2 fully saturated rings. The molecule has 25 heavy (non-hydrogen) atoms. The number of benzene rings is 1. The van der Waals surface area contributed by atoms with Crippen LogP contribution in [0, 0.1) is 0 Å². The van der Waals surface area contributed by atoms with Gasteiger partial charge in [0.1, 0.15) is 0 Å². The first-order chi connectivity index (χ1) is 12.2. The Balaban J connectivity index is 1.55. The molecule has 2 aliphatic heterocycles. The molecule has 1 amide bonds. The van der Waals surface area contributed by atoms with Crippen LogP contribution in [0.25, 0.3) is 0 Å². The first-order valence-corrected chi connectivity index (χ1v) is 10.1. The molecule has 0 bridgehead atoms. The number of likely N-dealkylation sites (N-methyl/N-ethyl adjacent to an activating group) is 1. The van der Waals surface area contributed by atoms with Gasteiger partial charge in [-0.05, 0) is 63.1 Å². The monoisotopic (exact) mass is 343 g/mol. The Labute approximate surface area is 152 Å². The van der Waals surface area contributed by atoms with Crippen molar-refractivity contribution in [2.75, 3.05) is 39.3 Å². The molecule has 1 atom stereocenters. The van der Waals surface area contributed by atoms with E-state index in [2.05, 4.69) is 35.8 Å². The number of rotatable bonds is 6. The Morgan fingerprint density at radius 3 is 2.36 bits per heavy atom. The van der Waals surface area contributed by atoms with Gasteiger partial charge in [0.2, 0.25) is 0 Å². The summed E-state index contributed by atoms with van der Waals surface area (Å²) in [6.45, 7) is 11.7. The number of likely N-dealkylation sites (tertiary alicyclic amines) is 2. The number of piperidine rings is 1. The van der Waals surface area contributed by atoms with Crippen LogP contribution in [0.1, 0.15) is 55.5 Å². The largest absolute Gasteiger partial charge is 0.337 e. The van der Waals surface area contributed by atoms with Crippen molar-refractivity contribution in [2.45, 2.75) is 52.1 Å². The molecule has 0 spiro atoms. The molecule has 0 aliphatic carbocycles. The quantitative estimate of drug-likeness (QED) is 0.793. The predicted molar refractivity (Wildman–Crippen MR) is 103 cm³/mol. The van der Waals surface area contributed by atoms with Crippen molar-refractivity contribution in [1.29, 1.82) is 0 Å². The van der Waals surface area contributed by atoms with Gasteiger partial charge >= 0.3 is 0 Å². The summed E-state index contributed by atoms with van der Waals surface area (Å²) in [5, 5.41) is 0. The van der Waals surface area contributed by atoms with Crippen LogP contribution in [0.5, 0.6) is 0 Å². The topological polar surface area (TPSA) is 26.8 Å². The molecule has 0 unspecified atom stereocenters. The minimum absolute atomic E-state index is 0.194. The van der Waals surface area contributed by atoms with Crippen LogP contribution in [0.4, 0.5) is 0 Å². The molecule has 4 heteroatoms. The molecule has 0 aromatic heterocycles. The summed E-state index contributed by atoms with van der Waals surface area (Å²) in [6.07, 6.45) is 5.10. The predicted octanol–water partition coefficient (Wildman–Crippen LogP) is 3.23. The zero-order chi connectivity index (χ0) is 17.6. The zero-order valence-corrected chi connectivity index (χ0v) is 15.9. The highest BCUT2D eigenvalue weighted by atomic mass is 16.2. The number of carbonyl (C=O) groups excluding carboxylic acids is 1. The fourth-order valence-corrected chi connectivity index (χ4v) is 4.28. The molecule has 0 N–H and O–H groups in total. The van der Waals surface area contributed by atoms with Crippen LogP contribution in [0.3, 0.4) is 0 Å². The van der Waals surface area contributed by atoms with Gasteiger partial charge in [0, 0.05) is 31.2 Å². The lowest BCUT2D eigenvalue weighted by Gasteiger charge is -2.26. The highest BCUT2D eigenvalue weighted by Gasteiger charge is 2.29. The van der Waals surface area contributed by atoms with Crippen LogP contribution >= 0.6 is 0 Å². The molecule has 3 rings (SSSR count). The van der Waals surface area contributed by atoms with Gasteiger partial charge in [-0.2, -0.15) is 0 Å². The van der Waals surface area contributed by atoms with Crippen LogP contribution in [-0.2, 0) is 6.54 Å². The van der Waals surface area contributed by atoms with Crippen molar-refractivity contribution < 1.29 is 4.79 Å². The lowest BCUT2D eigenvalue weighted by atomic mass is 10.1. The van der Waals surface area contributed by atoms with E-state index >= 15 is 0 Å². The van der Waals surface area contributed by atoms with Crippen molar-refractivity contribution in [3.63, 3.8) is 0 Å². The molecule has 0 saturated carbocycles. The fraction of sp³-hybridized carbons (Fsp3) is 0.667. The van der Waals surface area contributed by atoms with E-state index in [1.807, 2.05) is 17.0 Å². The van der Waals surface area contributed by atoms with Gasteiger partial charge in [-0.25, -0.2) is 0 Å². The van der Waals surface area contributed by atoms with E-state index in [1.54, 1.807) is 0 Å². The van der Waals surface area contributed by atoms with Gasteiger partial charge in [0.25, 0.3) is 5.91 Å². The van der Waals surface area contributed by atoms with E-state index in [4.69, 9.17) is 0 Å². The van der Waals surface area contributed by atoms with Gasteiger partial charge in [-0.15, -0.1) is 0 Å². The van der Waals surface area contributed by atoms with Gasteiger partial charge in [-0.3, -0.25) is 14.6 Å². The molecule has 2 saturated heterocycles. The van der Waals surface area contributed by atoms with Gasteiger partial charge < -0.3 is 4.90 Å². The third kappa shape index (κ3) is 4.62. The van der Waals surface area contributed by atoms with Crippen LogP contribution < -0.4 is 0 Å². The Hall–Kier alpha value is -1.39. The van der Waals surface area contributed by atoms with Crippen LogP contribution in [0.2, 0.25) is 0 Å². The molecule has 1 aromatic carbocycles. The van der Waals surface area contributed by atoms with Gasteiger partial charge in [0.05, 0.1) is 0 Å². The maximum Gasteiger partial charge on any atom is 0.253 e. The second-order valence-electron chi connectivity index (χ2n) is 7.45. The third-order valence-electron chi connectivity index (χ3n) is 5.84. The number of amides is 1. The Morgan fingerprint density at radius 2 is 1.72 bits per heavy atom. The summed E-state index contributed by atoms with van der Waals surface area (Å²) in [5.74, 6) is 0.194. The second kappa shape index (κ2) is 8.81. The average molecular weight is 344 g/mol.